The average Bonchev–Trinajstić information content (AvgIpc) is 2.95. The van der Waals surface area contributed by atoms with Gasteiger partial charge in [-0.25, -0.2) is 9.97 Å². The third kappa shape index (κ3) is 2.55. The molecule has 0 aliphatic carbocycles. The summed E-state index contributed by atoms with van der Waals surface area (Å²) in [5, 5.41) is 1.66. The molecule has 4 rings (SSSR count). The molecule has 0 aliphatic heterocycles. The van der Waals surface area contributed by atoms with E-state index in [-0.39, 0.29) is 0 Å². The average molecular weight is 359 g/mol. The van der Waals surface area contributed by atoms with Crippen molar-refractivity contribution in [1.82, 2.24) is 14.4 Å². The quantitative estimate of drug-likeness (QED) is 0.360. The summed E-state index contributed by atoms with van der Waals surface area (Å²) in [7, 11) is 0. The second kappa shape index (κ2) is 5.77. The van der Waals surface area contributed by atoms with Crippen LogP contribution in [0.2, 0.25) is 0 Å². The molecule has 0 bridgehead atoms. The lowest BCUT2D eigenvalue weighted by Gasteiger charge is -2.08. The summed E-state index contributed by atoms with van der Waals surface area (Å²) in [6.45, 7) is 0. The maximum Gasteiger partial charge on any atom is 0.416 e. The van der Waals surface area contributed by atoms with E-state index in [4.69, 9.17) is 0 Å². The summed E-state index contributed by atoms with van der Waals surface area (Å²) < 4.78 is 40.5. The lowest BCUT2D eigenvalue weighted by Crippen LogP contribution is -2.03. The molecular weight excluding hydrogens is 347 g/mol. The van der Waals surface area contributed by atoms with Crippen LogP contribution in [0.1, 0.15) is 5.56 Å². The third-order valence-electron chi connectivity index (χ3n) is 4.06. The van der Waals surface area contributed by atoms with E-state index in [0.717, 1.165) is 39.4 Å². The van der Waals surface area contributed by atoms with Gasteiger partial charge in [-0.15, -0.1) is 0 Å². The van der Waals surface area contributed by atoms with Crippen molar-refractivity contribution in [3.63, 3.8) is 0 Å². The SMILES string of the molecule is CSc1nccc2c(-c3ccc(C(F)(F)F)cc3)c3cccnc3n12. The summed E-state index contributed by atoms with van der Waals surface area (Å²) >= 11 is 1.49. The summed E-state index contributed by atoms with van der Waals surface area (Å²) in [5.74, 6) is 0. The van der Waals surface area contributed by atoms with Gasteiger partial charge in [0.2, 0.25) is 0 Å². The molecule has 7 heteroatoms. The maximum atomic E-state index is 12.8. The van der Waals surface area contributed by atoms with Gasteiger partial charge in [-0.3, -0.25) is 4.40 Å². The first-order valence-corrected chi connectivity index (χ1v) is 8.69. The molecule has 3 nitrogen and oxygen atoms in total. The number of thioether (sulfide) groups is 1. The Morgan fingerprint density at radius 3 is 2.40 bits per heavy atom. The zero-order valence-electron chi connectivity index (χ0n) is 13.1. The first-order chi connectivity index (χ1) is 12.0. The van der Waals surface area contributed by atoms with E-state index in [1.165, 1.54) is 23.9 Å². The van der Waals surface area contributed by atoms with Crippen molar-refractivity contribution < 1.29 is 13.2 Å². The molecular formula is C18H12F3N3S. The number of pyridine rings is 1. The largest absolute Gasteiger partial charge is 0.416 e. The minimum absolute atomic E-state index is 0.659. The molecule has 126 valence electrons. The molecule has 3 aromatic heterocycles. The number of benzene rings is 1. The summed E-state index contributed by atoms with van der Waals surface area (Å²) in [5.41, 5.74) is 2.52. The van der Waals surface area contributed by atoms with E-state index < -0.39 is 11.7 Å². The fraction of sp³-hybridized carbons (Fsp3) is 0.111. The summed E-state index contributed by atoms with van der Waals surface area (Å²) in [6, 6.07) is 10.8. The minimum atomic E-state index is -4.35. The normalized spacial score (nSPS) is 12.2. The zero-order valence-corrected chi connectivity index (χ0v) is 13.9. The number of hydrogen-bond acceptors (Lipinski definition) is 3. The lowest BCUT2D eigenvalue weighted by molar-refractivity contribution is -0.137. The molecule has 0 fully saturated rings. The second-order valence-corrected chi connectivity index (χ2v) is 6.25. The van der Waals surface area contributed by atoms with Gasteiger partial charge in [0.05, 0.1) is 11.1 Å². The van der Waals surface area contributed by atoms with Gasteiger partial charge in [0.15, 0.2) is 5.16 Å². The van der Waals surface area contributed by atoms with Crippen LogP contribution >= 0.6 is 11.8 Å². The van der Waals surface area contributed by atoms with Crippen LogP contribution in [0, 0.1) is 0 Å². The van der Waals surface area contributed by atoms with Gasteiger partial charge in [0.1, 0.15) is 5.65 Å². The van der Waals surface area contributed by atoms with Gasteiger partial charge < -0.3 is 0 Å². The van der Waals surface area contributed by atoms with Crippen LogP contribution < -0.4 is 0 Å². The predicted octanol–water partition coefficient (Wildman–Crippen LogP) is 5.29. The van der Waals surface area contributed by atoms with Gasteiger partial charge in [-0.05, 0) is 42.2 Å². The van der Waals surface area contributed by atoms with Gasteiger partial charge in [-0.1, -0.05) is 23.9 Å². The van der Waals surface area contributed by atoms with E-state index >= 15 is 0 Å². The Labute approximate surface area is 145 Å². The smallest absolute Gasteiger partial charge is 0.272 e. The number of alkyl halides is 3. The van der Waals surface area contributed by atoms with Crippen molar-refractivity contribution in [2.75, 3.05) is 6.26 Å². The monoisotopic (exact) mass is 359 g/mol. The number of aromatic nitrogens is 3. The fourth-order valence-corrected chi connectivity index (χ4v) is 3.52. The maximum absolute atomic E-state index is 12.8. The van der Waals surface area contributed by atoms with E-state index in [9.17, 15) is 13.2 Å². The van der Waals surface area contributed by atoms with Crippen molar-refractivity contribution in [3.05, 3.63) is 60.4 Å². The van der Waals surface area contributed by atoms with Crippen LogP contribution in [0.15, 0.2) is 60.0 Å². The van der Waals surface area contributed by atoms with E-state index in [0.29, 0.717) is 5.56 Å². The summed E-state index contributed by atoms with van der Waals surface area (Å²) in [4.78, 5) is 8.82. The zero-order chi connectivity index (χ0) is 17.6. The Kier molecular flexibility index (Phi) is 3.68. The van der Waals surface area contributed by atoms with Crippen LogP contribution in [-0.4, -0.2) is 20.6 Å². The molecule has 0 amide bonds. The molecule has 0 radical (unpaired) electrons. The highest BCUT2D eigenvalue weighted by atomic mass is 32.2. The van der Waals surface area contributed by atoms with Crippen molar-refractivity contribution in [1.29, 1.82) is 0 Å². The molecule has 0 spiro atoms. The number of hydrogen-bond donors (Lipinski definition) is 0. The Bertz CT molecular complexity index is 1070. The minimum Gasteiger partial charge on any atom is -0.272 e. The Morgan fingerprint density at radius 2 is 1.72 bits per heavy atom. The molecule has 0 N–H and O–H groups in total. The standard InChI is InChI=1S/C18H12F3N3S/c1-25-17-23-10-8-14-15(13-3-2-9-22-16(13)24(14)17)11-4-6-12(7-5-11)18(19,20)21/h2-10H,1H3. The van der Waals surface area contributed by atoms with E-state index in [1.807, 2.05) is 28.9 Å². The van der Waals surface area contributed by atoms with Crippen LogP contribution in [0.4, 0.5) is 13.2 Å². The third-order valence-corrected chi connectivity index (χ3v) is 4.71. The predicted molar refractivity (Wildman–Crippen MR) is 92.7 cm³/mol. The Morgan fingerprint density at radius 1 is 0.960 bits per heavy atom. The van der Waals surface area contributed by atoms with Crippen LogP contribution in [-0.2, 0) is 6.18 Å². The molecule has 0 unspecified atom stereocenters. The first kappa shape index (κ1) is 16.0. The number of nitrogens with zero attached hydrogens (tertiary/aromatic N) is 3. The van der Waals surface area contributed by atoms with E-state index in [1.54, 1.807) is 12.4 Å². The number of fused-ring (bicyclic) bond motifs is 3. The van der Waals surface area contributed by atoms with Crippen LogP contribution in [0.25, 0.3) is 27.7 Å². The number of rotatable bonds is 2. The van der Waals surface area contributed by atoms with Crippen molar-refractivity contribution >= 4 is 28.3 Å². The van der Waals surface area contributed by atoms with Crippen molar-refractivity contribution in [2.45, 2.75) is 11.3 Å². The van der Waals surface area contributed by atoms with Crippen molar-refractivity contribution in [2.24, 2.45) is 0 Å². The summed E-state index contributed by atoms with van der Waals surface area (Å²) in [6.07, 6.45) is 0.977. The van der Waals surface area contributed by atoms with Gasteiger partial charge >= 0.3 is 6.18 Å². The van der Waals surface area contributed by atoms with Crippen LogP contribution in [0.5, 0.6) is 0 Å². The molecule has 3 heterocycles. The van der Waals surface area contributed by atoms with Crippen molar-refractivity contribution in [3.8, 4) is 11.1 Å². The Balaban J connectivity index is 2.04. The van der Waals surface area contributed by atoms with E-state index in [2.05, 4.69) is 9.97 Å². The lowest BCUT2D eigenvalue weighted by atomic mass is 10.0. The highest BCUT2D eigenvalue weighted by molar-refractivity contribution is 7.98. The van der Waals surface area contributed by atoms with Gasteiger partial charge in [0, 0.05) is 23.3 Å². The first-order valence-electron chi connectivity index (χ1n) is 7.46. The fourth-order valence-electron chi connectivity index (χ4n) is 2.99. The molecule has 25 heavy (non-hydrogen) atoms. The van der Waals surface area contributed by atoms with Gasteiger partial charge in [0.25, 0.3) is 0 Å². The molecule has 0 aliphatic rings. The van der Waals surface area contributed by atoms with Gasteiger partial charge in [-0.2, -0.15) is 13.2 Å². The van der Waals surface area contributed by atoms with Crippen LogP contribution in [0.3, 0.4) is 0 Å². The number of halogens is 3. The Hall–Kier alpha value is -2.54. The second-order valence-electron chi connectivity index (χ2n) is 5.48. The highest BCUT2D eigenvalue weighted by Crippen LogP contribution is 2.37. The molecule has 4 aromatic rings. The topological polar surface area (TPSA) is 30.2 Å². The highest BCUT2D eigenvalue weighted by Gasteiger charge is 2.30. The molecule has 0 saturated carbocycles. The molecule has 0 atom stereocenters. The molecule has 1 aromatic carbocycles. The molecule has 0 saturated heterocycles.